The van der Waals surface area contributed by atoms with Gasteiger partial charge < -0.3 is 14.1 Å². The molecule has 3 nitrogen and oxygen atoms in total. The molecule has 0 amide bonds. The molecule has 0 spiro atoms. The topological polar surface area (TPSA) is 25.6 Å². The Hall–Kier alpha value is -6.84. The van der Waals surface area contributed by atoms with Crippen molar-refractivity contribution in [3.8, 4) is 28.0 Å². The molecule has 0 radical (unpaired) electrons. The van der Waals surface area contributed by atoms with Crippen LogP contribution >= 0.6 is 0 Å². The second kappa shape index (κ2) is 11.9. The van der Waals surface area contributed by atoms with E-state index >= 15 is 0 Å². The van der Waals surface area contributed by atoms with Gasteiger partial charge in [-0.3, -0.25) is 0 Å². The number of ether oxygens (including phenoxy) is 1. The van der Waals surface area contributed by atoms with Gasteiger partial charge in [0.25, 0.3) is 0 Å². The third-order valence-electron chi connectivity index (χ3n) is 11.1. The second-order valence-corrected chi connectivity index (χ2v) is 14.0. The SMILES string of the molecule is C1=CC(N(c2ccc(-c3ccc4c(c3)oc3ccccc34)cc2)c2cccc(-c3cc4ccccc4c4ccccc34)c2)C2C(=C1)Oc1ccccc12. The largest absolute Gasteiger partial charge is 0.461 e. The molecular weight excluding hydrogens is 647 g/mol. The van der Waals surface area contributed by atoms with Gasteiger partial charge in [-0.25, -0.2) is 0 Å². The first-order valence-electron chi connectivity index (χ1n) is 18.2. The van der Waals surface area contributed by atoms with Crippen molar-refractivity contribution in [2.24, 2.45) is 0 Å². The lowest BCUT2D eigenvalue weighted by Crippen LogP contribution is -2.36. The fourth-order valence-electron chi connectivity index (χ4n) is 8.60. The highest BCUT2D eigenvalue weighted by atomic mass is 16.5. The number of rotatable bonds is 5. The van der Waals surface area contributed by atoms with Gasteiger partial charge in [0.1, 0.15) is 22.7 Å². The zero-order valence-electron chi connectivity index (χ0n) is 28.8. The van der Waals surface area contributed by atoms with Crippen LogP contribution < -0.4 is 9.64 Å². The van der Waals surface area contributed by atoms with Crippen LogP contribution in [0.25, 0.3) is 65.7 Å². The number of nitrogens with zero attached hydrogens (tertiary/aromatic N) is 1. The smallest absolute Gasteiger partial charge is 0.136 e. The first-order valence-corrected chi connectivity index (χ1v) is 18.2. The molecule has 2 aliphatic rings. The first-order chi connectivity index (χ1) is 26.3. The van der Waals surface area contributed by atoms with Crippen LogP contribution in [0.5, 0.6) is 5.75 Å². The van der Waals surface area contributed by atoms with E-state index in [1.54, 1.807) is 0 Å². The zero-order valence-corrected chi connectivity index (χ0v) is 28.8. The molecule has 0 N–H and O–H groups in total. The summed E-state index contributed by atoms with van der Waals surface area (Å²) in [4.78, 5) is 2.48. The summed E-state index contributed by atoms with van der Waals surface area (Å²) in [6.45, 7) is 0. The molecule has 0 fully saturated rings. The van der Waals surface area contributed by atoms with Crippen LogP contribution in [0, 0.1) is 0 Å². The predicted octanol–water partition coefficient (Wildman–Crippen LogP) is 13.4. The second-order valence-electron chi connectivity index (χ2n) is 14.0. The minimum absolute atomic E-state index is 0.0139. The van der Waals surface area contributed by atoms with Crippen LogP contribution in [0.3, 0.4) is 0 Å². The van der Waals surface area contributed by atoms with Crippen LogP contribution in [0.4, 0.5) is 11.4 Å². The summed E-state index contributed by atoms with van der Waals surface area (Å²) in [6.07, 6.45) is 6.59. The Labute approximate surface area is 307 Å². The van der Waals surface area contributed by atoms with Gasteiger partial charge in [-0.1, -0.05) is 127 Å². The van der Waals surface area contributed by atoms with Gasteiger partial charge in [-0.15, -0.1) is 0 Å². The maximum absolute atomic E-state index is 6.45. The third kappa shape index (κ3) is 4.82. The number of furan rings is 1. The number of para-hydroxylation sites is 2. The van der Waals surface area contributed by atoms with Gasteiger partial charge in [0.15, 0.2) is 0 Å². The van der Waals surface area contributed by atoms with Crippen molar-refractivity contribution >= 4 is 54.9 Å². The minimum Gasteiger partial charge on any atom is -0.461 e. The summed E-state index contributed by atoms with van der Waals surface area (Å²) >= 11 is 0. The molecule has 9 aromatic rings. The highest BCUT2D eigenvalue weighted by Crippen LogP contribution is 2.49. The summed E-state index contributed by atoms with van der Waals surface area (Å²) in [5.41, 5.74) is 9.94. The van der Waals surface area contributed by atoms with Crippen molar-refractivity contribution in [2.75, 3.05) is 4.90 Å². The molecule has 8 aromatic carbocycles. The van der Waals surface area contributed by atoms with E-state index in [9.17, 15) is 0 Å². The van der Waals surface area contributed by atoms with E-state index in [1.807, 2.05) is 12.1 Å². The Morgan fingerprint density at radius 2 is 1.21 bits per heavy atom. The number of hydrogen-bond acceptors (Lipinski definition) is 3. The number of benzene rings is 8. The minimum atomic E-state index is -0.0139. The maximum Gasteiger partial charge on any atom is 0.136 e. The Morgan fingerprint density at radius 3 is 2.11 bits per heavy atom. The fourth-order valence-corrected chi connectivity index (χ4v) is 8.60. The van der Waals surface area contributed by atoms with Crippen LogP contribution in [-0.2, 0) is 0 Å². The highest BCUT2D eigenvalue weighted by Gasteiger charge is 2.39. The molecule has 0 bridgehead atoms. The predicted molar refractivity (Wildman–Crippen MR) is 219 cm³/mol. The van der Waals surface area contributed by atoms with Gasteiger partial charge in [0, 0.05) is 27.7 Å². The van der Waals surface area contributed by atoms with Gasteiger partial charge in [0.2, 0.25) is 0 Å². The van der Waals surface area contributed by atoms with Crippen molar-refractivity contribution in [1.82, 2.24) is 0 Å². The van der Waals surface area contributed by atoms with Crippen LogP contribution in [0.1, 0.15) is 11.5 Å². The Balaban J connectivity index is 1.05. The number of anilines is 2. The average Bonchev–Trinajstić information content (AvgIpc) is 3.80. The Morgan fingerprint density at radius 1 is 0.472 bits per heavy atom. The lowest BCUT2D eigenvalue weighted by molar-refractivity contribution is 0.415. The summed E-state index contributed by atoms with van der Waals surface area (Å²) in [5, 5.41) is 7.31. The Kier molecular flexibility index (Phi) is 6.68. The molecule has 0 saturated heterocycles. The van der Waals surface area contributed by atoms with Crippen LogP contribution in [-0.4, -0.2) is 6.04 Å². The maximum atomic E-state index is 6.45. The molecule has 11 rings (SSSR count). The van der Waals surface area contributed by atoms with E-state index in [2.05, 4.69) is 181 Å². The van der Waals surface area contributed by atoms with E-state index < -0.39 is 0 Å². The van der Waals surface area contributed by atoms with Crippen molar-refractivity contribution in [2.45, 2.75) is 12.0 Å². The van der Waals surface area contributed by atoms with Crippen molar-refractivity contribution in [3.63, 3.8) is 0 Å². The number of fused-ring (bicyclic) bond motifs is 9. The quantitative estimate of drug-likeness (QED) is 0.169. The monoisotopic (exact) mass is 679 g/mol. The molecule has 1 aliphatic heterocycles. The zero-order chi connectivity index (χ0) is 34.9. The summed E-state index contributed by atoms with van der Waals surface area (Å²) in [7, 11) is 0. The van der Waals surface area contributed by atoms with Gasteiger partial charge >= 0.3 is 0 Å². The fraction of sp³-hybridized carbons (Fsp3) is 0.0400. The number of hydrogen-bond donors (Lipinski definition) is 0. The first kappa shape index (κ1) is 29.8. The molecule has 3 heteroatoms. The van der Waals surface area contributed by atoms with Gasteiger partial charge in [-0.05, 0) is 104 Å². The van der Waals surface area contributed by atoms with E-state index in [4.69, 9.17) is 9.15 Å². The average molecular weight is 680 g/mol. The standard InChI is InChI=1S/C50H33NO2/c1-2-14-38-35(11-1)30-44(40-16-4-3-15-39(38)40)34-12-9-13-37(29-34)51(45-19-10-22-48-50(45)43-18-6-8-21-47(43)52-48)36-26-23-32(24-27-36)33-25-28-42-41-17-5-7-20-46(41)53-49(42)31-33/h1-31,45,50H. The molecular formula is C50H33NO2. The molecule has 2 unspecified atom stereocenters. The lowest BCUT2D eigenvalue weighted by atomic mass is 9.86. The van der Waals surface area contributed by atoms with Crippen LogP contribution in [0.2, 0.25) is 0 Å². The third-order valence-corrected chi connectivity index (χ3v) is 11.1. The molecule has 53 heavy (non-hydrogen) atoms. The summed E-state index contributed by atoms with van der Waals surface area (Å²) in [5.74, 6) is 1.97. The van der Waals surface area contributed by atoms with Crippen molar-refractivity contribution in [1.29, 1.82) is 0 Å². The van der Waals surface area contributed by atoms with Gasteiger partial charge in [-0.2, -0.15) is 0 Å². The normalized spacial score (nSPS) is 16.1. The van der Waals surface area contributed by atoms with E-state index in [1.165, 1.54) is 38.2 Å². The molecule has 2 heterocycles. The van der Waals surface area contributed by atoms with E-state index in [-0.39, 0.29) is 12.0 Å². The molecule has 1 aliphatic carbocycles. The van der Waals surface area contributed by atoms with Gasteiger partial charge in [0.05, 0.1) is 12.0 Å². The number of allylic oxidation sites excluding steroid dienone is 2. The molecule has 0 saturated carbocycles. The Bertz CT molecular complexity index is 2950. The van der Waals surface area contributed by atoms with Crippen molar-refractivity contribution in [3.05, 3.63) is 199 Å². The molecule has 250 valence electrons. The summed E-state index contributed by atoms with van der Waals surface area (Å²) < 4.78 is 12.7. The molecule has 1 aromatic heterocycles. The highest BCUT2D eigenvalue weighted by molar-refractivity contribution is 6.14. The van der Waals surface area contributed by atoms with E-state index in [0.717, 1.165) is 55.9 Å². The van der Waals surface area contributed by atoms with Crippen molar-refractivity contribution < 1.29 is 9.15 Å². The lowest BCUT2D eigenvalue weighted by Gasteiger charge is -2.37. The molecule has 2 atom stereocenters. The van der Waals surface area contributed by atoms with Crippen LogP contribution in [0.15, 0.2) is 198 Å². The summed E-state index contributed by atoms with van der Waals surface area (Å²) in [6, 6.07) is 61.0. The van der Waals surface area contributed by atoms with E-state index in [0.29, 0.717) is 0 Å².